The van der Waals surface area contributed by atoms with E-state index in [1.54, 1.807) is 0 Å². The fourth-order valence-corrected chi connectivity index (χ4v) is 1.65. The number of hydrogen-bond donors (Lipinski definition) is 2. The van der Waals surface area contributed by atoms with Gasteiger partial charge in [-0.2, -0.15) is 0 Å². The summed E-state index contributed by atoms with van der Waals surface area (Å²) in [6.07, 6.45) is 0.929. The summed E-state index contributed by atoms with van der Waals surface area (Å²) in [5.74, 6) is -5.06. The van der Waals surface area contributed by atoms with Crippen molar-refractivity contribution in [2.24, 2.45) is 0 Å². The number of nitrogens with two attached hydrogens (primary N) is 1. The summed E-state index contributed by atoms with van der Waals surface area (Å²) in [5.41, 5.74) is 3.93. The number of aromatic nitrogens is 1. The maximum Gasteiger partial charge on any atom is 0.336 e. The van der Waals surface area contributed by atoms with Crippen LogP contribution in [-0.2, 0) is 0 Å². The molecule has 0 saturated carbocycles. The Morgan fingerprint density at radius 2 is 1.74 bits per heavy atom. The van der Waals surface area contributed by atoms with Gasteiger partial charge in [0.15, 0.2) is 0 Å². The molecule has 1 aromatic carbocycles. The standard InChI is InChI=1S/C12H7F3N2O2/c13-5-1-8(14)11(9(15)2-5)7-4-17-10(16)3-6(7)12(18)19/h1-4H,(H2,16,17)(H,18,19). The molecule has 0 bridgehead atoms. The van der Waals surface area contributed by atoms with Crippen LogP contribution in [0.2, 0.25) is 0 Å². The number of halogens is 3. The van der Waals surface area contributed by atoms with Crippen molar-refractivity contribution in [3.63, 3.8) is 0 Å². The Morgan fingerprint density at radius 1 is 1.16 bits per heavy atom. The predicted molar refractivity (Wildman–Crippen MR) is 60.9 cm³/mol. The van der Waals surface area contributed by atoms with E-state index < -0.39 is 34.5 Å². The lowest BCUT2D eigenvalue weighted by atomic mass is 10.0. The summed E-state index contributed by atoms with van der Waals surface area (Å²) < 4.78 is 40.0. The van der Waals surface area contributed by atoms with Crippen LogP contribution in [0.5, 0.6) is 0 Å². The van der Waals surface area contributed by atoms with Crippen LogP contribution < -0.4 is 5.73 Å². The molecule has 0 fully saturated rings. The third-order valence-electron chi connectivity index (χ3n) is 2.43. The minimum absolute atomic E-state index is 0.107. The average Bonchev–Trinajstić information content (AvgIpc) is 2.29. The molecule has 0 spiro atoms. The van der Waals surface area contributed by atoms with E-state index in [0.29, 0.717) is 12.1 Å². The summed E-state index contributed by atoms with van der Waals surface area (Å²) in [4.78, 5) is 14.6. The van der Waals surface area contributed by atoms with E-state index in [1.807, 2.05) is 0 Å². The zero-order chi connectivity index (χ0) is 14.2. The Balaban J connectivity index is 2.76. The molecule has 1 aromatic heterocycles. The molecular formula is C12H7F3N2O2. The Hall–Kier alpha value is -2.57. The lowest BCUT2D eigenvalue weighted by Crippen LogP contribution is -2.05. The van der Waals surface area contributed by atoms with Crippen LogP contribution in [0.25, 0.3) is 11.1 Å². The first-order valence-electron chi connectivity index (χ1n) is 5.04. The summed E-state index contributed by atoms with van der Waals surface area (Å²) in [7, 11) is 0. The largest absolute Gasteiger partial charge is 0.478 e. The zero-order valence-electron chi connectivity index (χ0n) is 9.32. The van der Waals surface area contributed by atoms with Crippen LogP contribution in [0.1, 0.15) is 10.4 Å². The molecule has 19 heavy (non-hydrogen) atoms. The van der Waals surface area contributed by atoms with Gasteiger partial charge in [-0.1, -0.05) is 0 Å². The second-order valence-corrected chi connectivity index (χ2v) is 3.70. The summed E-state index contributed by atoms with van der Waals surface area (Å²) in [6, 6.07) is 1.89. The number of carboxylic acid groups (broad SMARTS) is 1. The van der Waals surface area contributed by atoms with Gasteiger partial charge in [0.2, 0.25) is 0 Å². The highest BCUT2D eigenvalue weighted by Crippen LogP contribution is 2.30. The number of carboxylic acids is 1. The predicted octanol–water partition coefficient (Wildman–Crippen LogP) is 2.45. The van der Waals surface area contributed by atoms with E-state index in [-0.39, 0.29) is 11.4 Å². The quantitative estimate of drug-likeness (QED) is 0.877. The van der Waals surface area contributed by atoms with Crippen LogP contribution in [-0.4, -0.2) is 16.1 Å². The van der Waals surface area contributed by atoms with Gasteiger partial charge in [-0.3, -0.25) is 0 Å². The Morgan fingerprint density at radius 3 is 2.26 bits per heavy atom. The topological polar surface area (TPSA) is 76.2 Å². The van der Waals surface area contributed by atoms with E-state index in [1.165, 1.54) is 0 Å². The second kappa shape index (κ2) is 4.60. The molecule has 0 amide bonds. The van der Waals surface area contributed by atoms with Crippen molar-refractivity contribution in [1.82, 2.24) is 4.98 Å². The van der Waals surface area contributed by atoms with Crippen molar-refractivity contribution >= 4 is 11.8 Å². The first kappa shape index (κ1) is 12.9. The van der Waals surface area contributed by atoms with Gasteiger partial charge in [-0.25, -0.2) is 22.9 Å². The zero-order valence-corrected chi connectivity index (χ0v) is 9.32. The van der Waals surface area contributed by atoms with Crippen molar-refractivity contribution in [3.8, 4) is 11.1 Å². The molecule has 0 unspecified atom stereocenters. The highest BCUT2D eigenvalue weighted by atomic mass is 19.1. The van der Waals surface area contributed by atoms with Gasteiger partial charge in [-0.05, 0) is 6.07 Å². The Kier molecular flexibility index (Phi) is 3.12. The molecule has 0 atom stereocenters. The number of anilines is 1. The third-order valence-corrected chi connectivity index (χ3v) is 2.43. The number of benzene rings is 1. The lowest BCUT2D eigenvalue weighted by Gasteiger charge is -2.09. The monoisotopic (exact) mass is 268 g/mol. The van der Waals surface area contributed by atoms with Gasteiger partial charge in [0.25, 0.3) is 0 Å². The van der Waals surface area contributed by atoms with Crippen molar-refractivity contribution in [3.05, 3.63) is 47.4 Å². The number of pyridine rings is 1. The van der Waals surface area contributed by atoms with Gasteiger partial charge < -0.3 is 10.8 Å². The molecule has 1 heterocycles. The van der Waals surface area contributed by atoms with Crippen LogP contribution in [0.3, 0.4) is 0 Å². The SMILES string of the molecule is Nc1cc(C(=O)O)c(-c2c(F)cc(F)cc2F)cn1. The van der Waals surface area contributed by atoms with Gasteiger partial charge in [0.1, 0.15) is 23.3 Å². The first-order chi connectivity index (χ1) is 8.90. The minimum Gasteiger partial charge on any atom is -0.478 e. The van der Waals surface area contributed by atoms with E-state index >= 15 is 0 Å². The molecule has 98 valence electrons. The maximum atomic E-state index is 13.6. The van der Waals surface area contributed by atoms with Crippen molar-refractivity contribution in [2.75, 3.05) is 5.73 Å². The molecule has 0 saturated heterocycles. The van der Waals surface area contributed by atoms with E-state index in [0.717, 1.165) is 12.3 Å². The van der Waals surface area contributed by atoms with Crippen LogP contribution in [0.4, 0.5) is 19.0 Å². The smallest absolute Gasteiger partial charge is 0.336 e. The normalized spacial score (nSPS) is 10.5. The highest BCUT2D eigenvalue weighted by Gasteiger charge is 2.20. The van der Waals surface area contributed by atoms with Gasteiger partial charge in [0.05, 0.1) is 11.1 Å². The fourth-order valence-electron chi connectivity index (χ4n) is 1.65. The van der Waals surface area contributed by atoms with Crippen molar-refractivity contribution in [2.45, 2.75) is 0 Å². The molecule has 0 aliphatic carbocycles. The number of rotatable bonds is 2. The molecule has 3 N–H and O–H groups in total. The van der Waals surface area contributed by atoms with E-state index in [9.17, 15) is 18.0 Å². The number of aromatic carboxylic acids is 1. The molecular weight excluding hydrogens is 261 g/mol. The van der Waals surface area contributed by atoms with Crippen LogP contribution >= 0.6 is 0 Å². The third kappa shape index (κ3) is 2.35. The van der Waals surface area contributed by atoms with Crippen LogP contribution in [0, 0.1) is 17.5 Å². The summed E-state index contributed by atoms with van der Waals surface area (Å²) >= 11 is 0. The number of hydrogen-bond acceptors (Lipinski definition) is 3. The van der Waals surface area contributed by atoms with Crippen molar-refractivity contribution in [1.29, 1.82) is 0 Å². The Labute approximate surface area is 105 Å². The minimum atomic E-state index is -1.42. The molecule has 2 aromatic rings. The molecule has 0 radical (unpaired) electrons. The number of carbonyl (C=O) groups is 1. The number of nitrogens with zero attached hydrogens (tertiary/aromatic N) is 1. The summed E-state index contributed by atoms with van der Waals surface area (Å²) in [5, 5.41) is 8.99. The average molecular weight is 268 g/mol. The van der Waals surface area contributed by atoms with Gasteiger partial charge in [0, 0.05) is 23.9 Å². The first-order valence-corrected chi connectivity index (χ1v) is 5.04. The van der Waals surface area contributed by atoms with Gasteiger partial charge in [-0.15, -0.1) is 0 Å². The fraction of sp³-hybridized carbons (Fsp3) is 0. The highest BCUT2D eigenvalue weighted by molar-refractivity contribution is 5.96. The molecule has 0 aliphatic heterocycles. The van der Waals surface area contributed by atoms with E-state index in [4.69, 9.17) is 10.8 Å². The second-order valence-electron chi connectivity index (χ2n) is 3.70. The lowest BCUT2D eigenvalue weighted by molar-refractivity contribution is 0.0697. The van der Waals surface area contributed by atoms with E-state index in [2.05, 4.69) is 4.98 Å². The van der Waals surface area contributed by atoms with Crippen LogP contribution in [0.15, 0.2) is 24.4 Å². The Bertz CT molecular complexity index is 651. The molecule has 0 aliphatic rings. The maximum absolute atomic E-state index is 13.6. The summed E-state index contributed by atoms with van der Waals surface area (Å²) in [6.45, 7) is 0. The number of nitrogen functional groups attached to an aromatic ring is 1. The van der Waals surface area contributed by atoms with Crippen molar-refractivity contribution < 1.29 is 23.1 Å². The molecule has 2 rings (SSSR count). The van der Waals surface area contributed by atoms with Gasteiger partial charge >= 0.3 is 5.97 Å². The molecule has 7 heteroatoms. The molecule has 4 nitrogen and oxygen atoms in total.